The van der Waals surface area contributed by atoms with Gasteiger partial charge in [0.25, 0.3) is 0 Å². The summed E-state index contributed by atoms with van der Waals surface area (Å²) < 4.78 is 2.24. The number of carbonyl (C=O) groups is 1. The molecule has 1 amide bonds. The summed E-state index contributed by atoms with van der Waals surface area (Å²) in [6.07, 6.45) is 0.471. The summed E-state index contributed by atoms with van der Waals surface area (Å²) in [5, 5.41) is 0.726. The van der Waals surface area contributed by atoms with Crippen LogP contribution in [0.15, 0.2) is 78.9 Å². The number of hydrogen-bond acceptors (Lipinski definition) is 2. The third-order valence-electron chi connectivity index (χ3n) is 5.50. The third kappa shape index (κ3) is 3.40. The van der Waals surface area contributed by atoms with Gasteiger partial charge in [-0.3, -0.25) is 4.79 Å². The van der Waals surface area contributed by atoms with E-state index in [1.54, 1.807) is 0 Å². The Morgan fingerprint density at radius 2 is 1.66 bits per heavy atom. The van der Waals surface area contributed by atoms with E-state index in [0.29, 0.717) is 19.5 Å². The fraction of sp³-hybridized carbons (Fsp3) is 0.167. The number of halogens is 1. The van der Waals surface area contributed by atoms with Gasteiger partial charge in [-0.1, -0.05) is 54.1 Å². The van der Waals surface area contributed by atoms with Gasteiger partial charge in [-0.25, -0.2) is 4.98 Å². The van der Waals surface area contributed by atoms with E-state index < -0.39 is 0 Å². The zero-order valence-corrected chi connectivity index (χ0v) is 16.6. The Labute approximate surface area is 174 Å². The largest absolute Gasteiger partial charge is 0.323 e. The molecule has 5 rings (SSSR count). The van der Waals surface area contributed by atoms with Gasteiger partial charge in [-0.15, -0.1) is 0 Å². The van der Waals surface area contributed by atoms with Crippen LogP contribution < -0.4 is 4.90 Å². The molecule has 4 nitrogen and oxygen atoms in total. The van der Waals surface area contributed by atoms with Crippen molar-refractivity contribution in [1.29, 1.82) is 0 Å². The highest BCUT2D eigenvalue weighted by Gasteiger charge is 2.34. The molecule has 2 heterocycles. The molecule has 1 atom stereocenters. The van der Waals surface area contributed by atoms with Crippen molar-refractivity contribution in [3.8, 4) is 0 Å². The lowest BCUT2D eigenvalue weighted by Gasteiger charge is -2.17. The molecule has 0 bridgehead atoms. The zero-order valence-electron chi connectivity index (χ0n) is 15.8. The average molecular weight is 402 g/mol. The minimum absolute atomic E-state index is 0.0578. The van der Waals surface area contributed by atoms with Crippen LogP contribution in [0.4, 0.5) is 5.69 Å². The Morgan fingerprint density at radius 3 is 2.45 bits per heavy atom. The van der Waals surface area contributed by atoms with Gasteiger partial charge in [0.1, 0.15) is 5.82 Å². The number of amides is 1. The van der Waals surface area contributed by atoms with Crippen molar-refractivity contribution in [3.63, 3.8) is 0 Å². The first kappa shape index (κ1) is 18.0. The molecule has 1 fully saturated rings. The Kier molecular flexibility index (Phi) is 4.57. The molecule has 144 valence electrons. The number of para-hydroxylation sites is 3. The highest BCUT2D eigenvalue weighted by molar-refractivity contribution is 6.30. The van der Waals surface area contributed by atoms with Gasteiger partial charge < -0.3 is 9.47 Å². The molecule has 1 saturated heterocycles. The number of hydrogen-bond donors (Lipinski definition) is 0. The fourth-order valence-corrected chi connectivity index (χ4v) is 4.21. The molecule has 4 aromatic rings. The predicted octanol–water partition coefficient (Wildman–Crippen LogP) is 5.26. The Hall–Kier alpha value is -3.11. The Morgan fingerprint density at radius 1 is 0.931 bits per heavy atom. The summed E-state index contributed by atoms with van der Waals surface area (Å²) in [5.41, 5.74) is 4.15. The molecular formula is C24H20ClN3O. The van der Waals surface area contributed by atoms with E-state index in [2.05, 4.69) is 10.6 Å². The smallest absolute Gasteiger partial charge is 0.227 e. The maximum atomic E-state index is 12.8. The maximum absolute atomic E-state index is 12.8. The summed E-state index contributed by atoms with van der Waals surface area (Å²) in [6.45, 7) is 1.34. The van der Waals surface area contributed by atoms with Crippen LogP contribution in [0, 0.1) is 0 Å². The molecule has 0 N–H and O–H groups in total. The van der Waals surface area contributed by atoms with E-state index >= 15 is 0 Å². The molecular weight excluding hydrogens is 382 g/mol. The highest BCUT2D eigenvalue weighted by Crippen LogP contribution is 2.33. The van der Waals surface area contributed by atoms with Crippen molar-refractivity contribution in [3.05, 3.63) is 95.3 Å². The van der Waals surface area contributed by atoms with Gasteiger partial charge in [-0.2, -0.15) is 0 Å². The van der Waals surface area contributed by atoms with Crippen LogP contribution in [0.2, 0.25) is 5.02 Å². The van der Waals surface area contributed by atoms with Gasteiger partial charge >= 0.3 is 0 Å². The highest BCUT2D eigenvalue weighted by atomic mass is 35.5. The van der Waals surface area contributed by atoms with Crippen molar-refractivity contribution >= 4 is 34.2 Å². The summed E-state index contributed by atoms with van der Waals surface area (Å²) in [4.78, 5) is 19.6. The van der Waals surface area contributed by atoms with Crippen molar-refractivity contribution in [2.45, 2.75) is 18.9 Å². The van der Waals surface area contributed by atoms with Gasteiger partial charge in [-0.05, 0) is 42.0 Å². The van der Waals surface area contributed by atoms with Gasteiger partial charge in [0, 0.05) is 36.1 Å². The lowest BCUT2D eigenvalue weighted by atomic mass is 10.1. The van der Waals surface area contributed by atoms with Crippen LogP contribution >= 0.6 is 11.6 Å². The van der Waals surface area contributed by atoms with Crippen molar-refractivity contribution in [1.82, 2.24) is 9.55 Å². The van der Waals surface area contributed by atoms with E-state index in [-0.39, 0.29) is 11.8 Å². The Bertz CT molecular complexity index is 1170. The SMILES string of the molecule is O=C1CC(c2nc3ccccc3n2Cc2ccc(Cl)cc2)CN1c1ccccc1. The summed E-state index contributed by atoms with van der Waals surface area (Å²) in [6, 6.07) is 25.9. The second kappa shape index (κ2) is 7.37. The summed E-state index contributed by atoms with van der Waals surface area (Å²) in [5.74, 6) is 1.17. The number of imidazole rings is 1. The topological polar surface area (TPSA) is 38.1 Å². The van der Waals surface area contributed by atoms with E-state index in [1.165, 1.54) is 0 Å². The van der Waals surface area contributed by atoms with Crippen LogP contribution in [0.3, 0.4) is 0 Å². The van der Waals surface area contributed by atoms with Crippen molar-refractivity contribution in [2.24, 2.45) is 0 Å². The van der Waals surface area contributed by atoms with Crippen LogP contribution in [-0.2, 0) is 11.3 Å². The molecule has 1 aromatic heterocycles. The van der Waals surface area contributed by atoms with Crippen LogP contribution in [0.1, 0.15) is 23.7 Å². The van der Waals surface area contributed by atoms with Crippen LogP contribution in [0.5, 0.6) is 0 Å². The first-order valence-corrected chi connectivity index (χ1v) is 10.1. The minimum Gasteiger partial charge on any atom is -0.323 e. The molecule has 1 unspecified atom stereocenters. The van der Waals surface area contributed by atoms with Crippen molar-refractivity contribution < 1.29 is 4.79 Å². The molecule has 1 aliphatic heterocycles. The van der Waals surface area contributed by atoms with Gasteiger partial charge in [0.15, 0.2) is 0 Å². The molecule has 0 radical (unpaired) electrons. The number of rotatable bonds is 4. The molecule has 0 saturated carbocycles. The van der Waals surface area contributed by atoms with E-state index in [9.17, 15) is 4.79 Å². The molecule has 1 aliphatic rings. The summed E-state index contributed by atoms with van der Waals surface area (Å²) >= 11 is 6.05. The van der Waals surface area contributed by atoms with Crippen molar-refractivity contribution in [2.75, 3.05) is 11.4 Å². The second-order valence-electron chi connectivity index (χ2n) is 7.41. The number of fused-ring (bicyclic) bond motifs is 1. The molecule has 3 aromatic carbocycles. The maximum Gasteiger partial charge on any atom is 0.227 e. The van der Waals surface area contributed by atoms with E-state index in [0.717, 1.165) is 33.1 Å². The molecule has 0 aliphatic carbocycles. The van der Waals surface area contributed by atoms with Gasteiger partial charge in [0.05, 0.1) is 11.0 Å². The zero-order chi connectivity index (χ0) is 19.8. The number of anilines is 1. The lowest BCUT2D eigenvalue weighted by molar-refractivity contribution is -0.117. The number of aromatic nitrogens is 2. The molecule has 29 heavy (non-hydrogen) atoms. The molecule has 0 spiro atoms. The van der Waals surface area contributed by atoms with Gasteiger partial charge in [0.2, 0.25) is 5.91 Å². The first-order valence-electron chi connectivity index (χ1n) is 9.74. The van der Waals surface area contributed by atoms with Crippen LogP contribution in [0.25, 0.3) is 11.0 Å². The van der Waals surface area contributed by atoms with E-state index in [4.69, 9.17) is 16.6 Å². The van der Waals surface area contributed by atoms with Crippen LogP contribution in [-0.4, -0.2) is 22.0 Å². The second-order valence-corrected chi connectivity index (χ2v) is 7.85. The normalized spacial score (nSPS) is 16.7. The standard InChI is InChI=1S/C24H20ClN3O/c25-19-12-10-17(11-13-19)15-28-22-9-5-4-8-21(22)26-24(28)18-14-23(29)27(16-18)20-6-2-1-3-7-20/h1-13,18H,14-16H2. The predicted molar refractivity (Wildman–Crippen MR) is 116 cm³/mol. The third-order valence-corrected chi connectivity index (χ3v) is 5.75. The number of nitrogens with zero attached hydrogens (tertiary/aromatic N) is 3. The average Bonchev–Trinajstić information content (AvgIpc) is 3.31. The minimum atomic E-state index is 0.0578. The number of carbonyl (C=O) groups excluding carboxylic acids is 1. The summed E-state index contributed by atoms with van der Waals surface area (Å²) in [7, 11) is 0. The fourth-order valence-electron chi connectivity index (χ4n) is 4.08. The Balaban J connectivity index is 1.53. The quantitative estimate of drug-likeness (QED) is 0.468. The lowest BCUT2D eigenvalue weighted by Crippen LogP contribution is -2.24. The number of benzene rings is 3. The first-order chi connectivity index (χ1) is 14.2. The van der Waals surface area contributed by atoms with E-state index in [1.807, 2.05) is 77.7 Å². The molecule has 5 heteroatoms. The monoisotopic (exact) mass is 401 g/mol.